The summed E-state index contributed by atoms with van der Waals surface area (Å²) in [5.74, 6) is 2.72. The van der Waals surface area contributed by atoms with Gasteiger partial charge in [0.15, 0.2) is 0 Å². The van der Waals surface area contributed by atoms with E-state index in [0.717, 1.165) is 54.9 Å². The van der Waals surface area contributed by atoms with Crippen molar-refractivity contribution >= 4 is 33.8 Å². The molecule has 4 atom stereocenters. The molecule has 200 valence electrons. The minimum absolute atomic E-state index is 0. The van der Waals surface area contributed by atoms with Crippen LogP contribution in [-0.2, 0) is 6.54 Å². The van der Waals surface area contributed by atoms with Gasteiger partial charge >= 0.3 is 0 Å². The SMILES string of the molecule is CCn1ccc2c(OC(C)C)cc(C(=O)N3CC4C(C3)[C@@H]3CN(C(=O)c5ccc6n[nH]nc6c5)C[C@H]43)cc21.[HH].[HH]. The molecule has 2 aliphatic heterocycles. The minimum atomic E-state index is 0. The largest absolute Gasteiger partial charge is 0.490 e. The van der Waals surface area contributed by atoms with Gasteiger partial charge in [0.1, 0.15) is 16.8 Å². The lowest BCUT2D eigenvalue weighted by atomic mass is 9.60. The van der Waals surface area contributed by atoms with Gasteiger partial charge in [-0.15, -0.1) is 0 Å². The molecule has 2 amide bonds. The third-order valence-electron chi connectivity index (χ3n) is 8.86. The van der Waals surface area contributed by atoms with Crippen LogP contribution in [0, 0.1) is 23.7 Å². The fourth-order valence-corrected chi connectivity index (χ4v) is 7.06. The number of aromatic amines is 1. The summed E-state index contributed by atoms with van der Waals surface area (Å²) < 4.78 is 8.27. The molecular weight excluding hydrogens is 480 g/mol. The summed E-state index contributed by atoms with van der Waals surface area (Å²) in [6.07, 6.45) is 2.08. The van der Waals surface area contributed by atoms with Crippen LogP contribution in [0.5, 0.6) is 5.75 Å². The minimum Gasteiger partial charge on any atom is -0.490 e. The van der Waals surface area contributed by atoms with Crippen LogP contribution in [0.4, 0.5) is 0 Å². The first-order valence-corrected chi connectivity index (χ1v) is 13.6. The van der Waals surface area contributed by atoms with Crippen LogP contribution in [-0.4, -0.2) is 73.9 Å². The summed E-state index contributed by atoms with van der Waals surface area (Å²) in [4.78, 5) is 31.0. The van der Waals surface area contributed by atoms with Crippen LogP contribution < -0.4 is 4.74 Å². The van der Waals surface area contributed by atoms with Crippen molar-refractivity contribution in [2.75, 3.05) is 26.2 Å². The Morgan fingerprint density at radius 3 is 2.18 bits per heavy atom. The third-order valence-corrected chi connectivity index (χ3v) is 8.86. The fourth-order valence-electron chi connectivity index (χ4n) is 7.06. The molecule has 0 bridgehead atoms. The second-order valence-electron chi connectivity index (χ2n) is 11.3. The molecule has 2 aromatic heterocycles. The molecular formula is C29H36N6O3. The van der Waals surface area contributed by atoms with Crippen molar-refractivity contribution in [3.05, 3.63) is 53.7 Å². The monoisotopic (exact) mass is 516 g/mol. The summed E-state index contributed by atoms with van der Waals surface area (Å²) in [5.41, 5.74) is 3.84. The number of nitrogens with zero attached hydrogens (tertiary/aromatic N) is 5. The zero-order valence-electron chi connectivity index (χ0n) is 21.9. The number of carbonyl (C=O) groups is 2. The molecule has 4 aromatic rings. The standard InChI is InChI=1S/C29H32N6O3.2H2/c1-4-33-8-7-19-26(33)10-18(11-27(19)38-16(2)3)29(37)35-14-22-20-12-34(13-21(20)23(22)15-35)28(36)17-5-6-24-25(9-17)31-32-30-24;;/h5-11,16,20-23H,4,12-15H2,1-3H3,(H,30,31,32);2*1H/t20-,21+,22?,23?;;. The number of nitrogens with one attached hydrogen (secondary N) is 1. The molecule has 2 aromatic carbocycles. The lowest BCUT2D eigenvalue weighted by Crippen LogP contribution is -2.44. The normalized spacial score (nSPS) is 24.2. The van der Waals surface area contributed by atoms with Crippen LogP contribution in [0.2, 0.25) is 0 Å². The lowest BCUT2D eigenvalue weighted by molar-refractivity contribution is 0.0629. The average molecular weight is 517 g/mol. The number of H-pyrrole nitrogens is 1. The van der Waals surface area contributed by atoms with Crippen molar-refractivity contribution in [2.45, 2.75) is 33.4 Å². The molecule has 1 N–H and O–H groups in total. The van der Waals surface area contributed by atoms with E-state index in [1.54, 1.807) is 0 Å². The Kier molecular flexibility index (Phi) is 5.25. The van der Waals surface area contributed by atoms with Gasteiger partial charge in [-0.05, 0) is 80.8 Å². The molecule has 3 fully saturated rings. The summed E-state index contributed by atoms with van der Waals surface area (Å²) in [6.45, 7) is 9.98. The predicted molar refractivity (Wildman–Crippen MR) is 147 cm³/mol. The first-order chi connectivity index (χ1) is 18.4. The molecule has 0 radical (unpaired) electrons. The highest BCUT2D eigenvalue weighted by Gasteiger charge is 2.59. The van der Waals surface area contributed by atoms with Crippen molar-refractivity contribution in [3.8, 4) is 5.75 Å². The topological polar surface area (TPSA) is 96.4 Å². The maximum atomic E-state index is 13.7. The number of amides is 2. The molecule has 3 aliphatic rings. The van der Waals surface area contributed by atoms with Crippen LogP contribution in [0.3, 0.4) is 0 Å². The summed E-state index contributed by atoms with van der Waals surface area (Å²) in [6, 6.07) is 11.5. The van der Waals surface area contributed by atoms with Crippen LogP contribution in [0.1, 0.15) is 44.3 Å². The second-order valence-corrected chi connectivity index (χ2v) is 11.3. The molecule has 7 rings (SSSR count). The second kappa shape index (κ2) is 8.58. The van der Waals surface area contributed by atoms with Gasteiger partial charge in [-0.2, -0.15) is 15.4 Å². The number of aryl methyl sites for hydroxylation is 1. The van der Waals surface area contributed by atoms with Crippen molar-refractivity contribution in [3.63, 3.8) is 0 Å². The van der Waals surface area contributed by atoms with Gasteiger partial charge in [0.05, 0.1) is 11.6 Å². The number of carbonyl (C=O) groups excluding carboxylic acids is 2. The highest BCUT2D eigenvalue weighted by atomic mass is 16.5. The number of likely N-dealkylation sites (tertiary alicyclic amines) is 2. The molecule has 1 aliphatic carbocycles. The number of benzene rings is 2. The Morgan fingerprint density at radius 1 is 0.921 bits per heavy atom. The Hall–Kier alpha value is -3.88. The van der Waals surface area contributed by atoms with E-state index in [0.29, 0.717) is 40.3 Å². The van der Waals surface area contributed by atoms with Gasteiger partial charge in [0, 0.05) is 58.3 Å². The highest BCUT2D eigenvalue weighted by molar-refractivity contribution is 6.00. The molecule has 9 nitrogen and oxygen atoms in total. The maximum Gasteiger partial charge on any atom is 0.254 e. The van der Waals surface area contributed by atoms with Crippen LogP contribution in [0.25, 0.3) is 21.9 Å². The smallest absolute Gasteiger partial charge is 0.254 e. The van der Waals surface area contributed by atoms with Crippen LogP contribution >= 0.6 is 0 Å². The number of aromatic nitrogens is 4. The van der Waals surface area contributed by atoms with E-state index in [9.17, 15) is 9.59 Å². The van der Waals surface area contributed by atoms with E-state index >= 15 is 0 Å². The van der Waals surface area contributed by atoms with Gasteiger partial charge in [-0.3, -0.25) is 9.59 Å². The number of fused-ring (bicyclic) bond motifs is 6. The predicted octanol–water partition coefficient (Wildman–Crippen LogP) is 4.30. The van der Waals surface area contributed by atoms with E-state index in [1.165, 1.54) is 0 Å². The number of rotatable bonds is 5. The van der Waals surface area contributed by atoms with E-state index in [2.05, 4.69) is 39.2 Å². The first-order valence-electron chi connectivity index (χ1n) is 13.6. The molecule has 38 heavy (non-hydrogen) atoms. The number of ether oxygens (including phenoxy) is 1. The summed E-state index contributed by atoms with van der Waals surface area (Å²) in [5, 5.41) is 11.8. The lowest BCUT2D eigenvalue weighted by Gasteiger charge is -2.42. The Bertz CT molecular complexity index is 1560. The Labute approximate surface area is 223 Å². The first kappa shape index (κ1) is 23.3. The van der Waals surface area contributed by atoms with Crippen molar-refractivity contribution in [1.29, 1.82) is 0 Å². The Balaban J connectivity index is 0.00000161. The number of hydrogen-bond acceptors (Lipinski definition) is 5. The van der Waals surface area contributed by atoms with Gasteiger partial charge in [0.25, 0.3) is 11.8 Å². The van der Waals surface area contributed by atoms with E-state index < -0.39 is 0 Å². The van der Waals surface area contributed by atoms with E-state index in [-0.39, 0.29) is 20.8 Å². The zero-order valence-corrected chi connectivity index (χ0v) is 21.9. The van der Waals surface area contributed by atoms with Gasteiger partial charge in [0.2, 0.25) is 0 Å². The van der Waals surface area contributed by atoms with Crippen LogP contribution in [0.15, 0.2) is 42.6 Å². The third kappa shape index (κ3) is 3.51. The van der Waals surface area contributed by atoms with E-state index in [1.807, 2.05) is 54.0 Å². The van der Waals surface area contributed by atoms with Crippen molar-refractivity contribution in [1.82, 2.24) is 29.8 Å². The zero-order chi connectivity index (χ0) is 26.1. The number of hydrogen-bond donors (Lipinski definition) is 1. The van der Waals surface area contributed by atoms with Crippen molar-refractivity contribution in [2.24, 2.45) is 23.7 Å². The molecule has 0 spiro atoms. The summed E-state index contributed by atoms with van der Waals surface area (Å²) in [7, 11) is 0. The molecule has 2 saturated heterocycles. The molecule has 9 heteroatoms. The van der Waals surface area contributed by atoms with E-state index in [4.69, 9.17) is 4.74 Å². The average Bonchev–Trinajstić information content (AvgIpc) is 3.69. The quantitative estimate of drug-likeness (QED) is 0.427. The van der Waals surface area contributed by atoms with Gasteiger partial charge < -0.3 is 19.1 Å². The molecule has 2 unspecified atom stereocenters. The summed E-state index contributed by atoms with van der Waals surface area (Å²) >= 11 is 0. The highest BCUT2D eigenvalue weighted by Crippen LogP contribution is 2.54. The Morgan fingerprint density at radius 2 is 1.55 bits per heavy atom. The fraction of sp³-hybridized carbons (Fsp3) is 0.448. The molecule has 1 saturated carbocycles. The maximum absolute atomic E-state index is 13.7. The van der Waals surface area contributed by atoms with Crippen molar-refractivity contribution < 1.29 is 17.2 Å². The molecule has 4 heterocycles. The van der Waals surface area contributed by atoms with Gasteiger partial charge in [-0.1, -0.05) is 0 Å². The van der Waals surface area contributed by atoms with Gasteiger partial charge in [-0.25, -0.2) is 0 Å².